The van der Waals surface area contributed by atoms with Crippen molar-refractivity contribution in [3.8, 4) is 0 Å². The van der Waals surface area contributed by atoms with Gasteiger partial charge in [-0.25, -0.2) is 5.90 Å². The number of thiophene rings is 1. The molecule has 1 unspecified atom stereocenters. The van der Waals surface area contributed by atoms with Crippen molar-refractivity contribution in [1.29, 1.82) is 0 Å². The summed E-state index contributed by atoms with van der Waals surface area (Å²) in [6, 6.07) is 3.98. The van der Waals surface area contributed by atoms with Crippen molar-refractivity contribution in [2.75, 3.05) is 0 Å². The third-order valence-corrected chi connectivity index (χ3v) is 2.18. The molecular formula is C6H9NOS. The van der Waals surface area contributed by atoms with Gasteiger partial charge in [0.05, 0.1) is 0 Å². The smallest absolute Gasteiger partial charge is 0.110 e. The van der Waals surface area contributed by atoms with E-state index in [1.54, 1.807) is 11.3 Å². The molecule has 2 nitrogen and oxygen atoms in total. The molecule has 1 rings (SSSR count). The van der Waals surface area contributed by atoms with E-state index in [-0.39, 0.29) is 6.10 Å². The van der Waals surface area contributed by atoms with E-state index in [4.69, 9.17) is 5.90 Å². The molecule has 0 saturated heterocycles. The van der Waals surface area contributed by atoms with Gasteiger partial charge in [0.15, 0.2) is 0 Å². The lowest BCUT2D eigenvalue weighted by molar-refractivity contribution is 0.0689. The lowest BCUT2D eigenvalue weighted by Crippen LogP contribution is -2.02. The van der Waals surface area contributed by atoms with Crippen LogP contribution >= 0.6 is 11.3 Å². The van der Waals surface area contributed by atoms with Crippen LogP contribution in [-0.2, 0) is 4.84 Å². The highest BCUT2D eigenvalue weighted by atomic mass is 32.1. The highest BCUT2D eigenvalue weighted by Gasteiger charge is 2.02. The molecule has 0 aliphatic carbocycles. The van der Waals surface area contributed by atoms with Crippen LogP contribution in [0.4, 0.5) is 0 Å². The standard InChI is InChI=1S/C6H9NOS/c1-5(8-7)6-3-2-4-9-6/h2-5H,7H2,1H3. The van der Waals surface area contributed by atoms with Crippen molar-refractivity contribution in [2.45, 2.75) is 13.0 Å². The van der Waals surface area contributed by atoms with Crippen LogP contribution in [-0.4, -0.2) is 0 Å². The first-order chi connectivity index (χ1) is 4.34. The van der Waals surface area contributed by atoms with E-state index < -0.39 is 0 Å². The fraction of sp³-hybridized carbons (Fsp3) is 0.333. The molecule has 0 aromatic carbocycles. The normalized spacial score (nSPS) is 13.6. The van der Waals surface area contributed by atoms with Gasteiger partial charge in [-0.2, -0.15) is 0 Å². The highest BCUT2D eigenvalue weighted by molar-refractivity contribution is 7.10. The molecule has 0 bridgehead atoms. The minimum absolute atomic E-state index is 0.0324. The summed E-state index contributed by atoms with van der Waals surface area (Å²) in [7, 11) is 0. The first-order valence-corrected chi connectivity index (χ1v) is 3.61. The minimum atomic E-state index is 0.0324. The van der Waals surface area contributed by atoms with E-state index in [2.05, 4.69) is 4.84 Å². The zero-order valence-electron chi connectivity index (χ0n) is 5.20. The van der Waals surface area contributed by atoms with Gasteiger partial charge < -0.3 is 0 Å². The molecule has 0 spiro atoms. The van der Waals surface area contributed by atoms with Crippen LogP contribution in [0.2, 0.25) is 0 Å². The quantitative estimate of drug-likeness (QED) is 0.639. The summed E-state index contributed by atoms with van der Waals surface area (Å²) >= 11 is 1.65. The molecule has 1 aromatic heterocycles. The van der Waals surface area contributed by atoms with Gasteiger partial charge in [0, 0.05) is 4.88 Å². The average Bonchev–Trinajstić information content (AvgIpc) is 2.37. The molecule has 1 heterocycles. The molecular weight excluding hydrogens is 134 g/mol. The molecule has 0 saturated carbocycles. The summed E-state index contributed by atoms with van der Waals surface area (Å²) in [5, 5.41) is 2.00. The van der Waals surface area contributed by atoms with E-state index >= 15 is 0 Å². The fourth-order valence-corrected chi connectivity index (χ4v) is 1.31. The Morgan fingerprint density at radius 2 is 2.56 bits per heavy atom. The van der Waals surface area contributed by atoms with Crippen LogP contribution in [0.15, 0.2) is 17.5 Å². The predicted molar refractivity (Wildman–Crippen MR) is 38.0 cm³/mol. The topological polar surface area (TPSA) is 35.2 Å². The van der Waals surface area contributed by atoms with Crippen LogP contribution in [0, 0.1) is 0 Å². The molecule has 50 valence electrons. The van der Waals surface area contributed by atoms with Crippen molar-refractivity contribution in [2.24, 2.45) is 5.90 Å². The summed E-state index contributed by atoms with van der Waals surface area (Å²) in [6.45, 7) is 1.92. The Bertz CT molecular complexity index is 162. The Kier molecular flexibility index (Phi) is 2.22. The van der Waals surface area contributed by atoms with Crippen LogP contribution < -0.4 is 5.90 Å². The minimum Gasteiger partial charge on any atom is -0.296 e. The van der Waals surface area contributed by atoms with Crippen LogP contribution in [0.3, 0.4) is 0 Å². The number of hydrogen-bond acceptors (Lipinski definition) is 3. The maximum Gasteiger partial charge on any atom is 0.110 e. The van der Waals surface area contributed by atoms with Gasteiger partial charge in [0.25, 0.3) is 0 Å². The molecule has 2 N–H and O–H groups in total. The molecule has 1 atom stereocenters. The first-order valence-electron chi connectivity index (χ1n) is 2.73. The third-order valence-electron chi connectivity index (χ3n) is 1.15. The van der Waals surface area contributed by atoms with Crippen LogP contribution in [0.5, 0.6) is 0 Å². The molecule has 3 heteroatoms. The van der Waals surface area contributed by atoms with Gasteiger partial charge in [0.1, 0.15) is 6.10 Å². The van der Waals surface area contributed by atoms with Crippen molar-refractivity contribution >= 4 is 11.3 Å². The van der Waals surface area contributed by atoms with E-state index in [0.29, 0.717) is 0 Å². The Morgan fingerprint density at radius 1 is 1.78 bits per heavy atom. The van der Waals surface area contributed by atoms with Crippen molar-refractivity contribution in [3.05, 3.63) is 22.4 Å². The van der Waals surface area contributed by atoms with Crippen LogP contribution in [0.1, 0.15) is 17.9 Å². The lowest BCUT2D eigenvalue weighted by atomic mass is 10.3. The van der Waals surface area contributed by atoms with Gasteiger partial charge in [0.2, 0.25) is 0 Å². The largest absolute Gasteiger partial charge is 0.296 e. The van der Waals surface area contributed by atoms with E-state index in [9.17, 15) is 0 Å². The molecule has 0 amide bonds. The molecule has 0 radical (unpaired) electrons. The highest BCUT2D eigenvalue weighted by Crippen LogP contribution is 2.19. The monoisotopic (exact) mass is 143 g/mol. The van der Waals surface area contributed by atoms with Gasteiger partial charge in [-0.1, -0.05) is 6.07 Å². The third kappa shape index (κ3) is 1.51. The Hall–Kier alpha value is -0.380. The Morgan fingerprint density at radius 3 is 3.00 bits per heavy atom. The maximum atomic E-state index is 4.97. The van der Waals surface area contributed by atoms with Crippen molar-refractivity contribution < 1.29 is 4.84 Å². The van der Waals surface area contributed by atoms with Gasteiger partial charge in [-0.3, -0.25) is 4.84 Å². The van der Waals surface area contributed by atoms with Crippen molar-refractivity contribution in [1.82, 2.24) is 0 Å². The zero-order chi connectivity index (χ0) is 6.69. The van der Waals surface area contributed by atoms with E-state index in [1.165, 1.54) is 0 Å². The average molecular weight is 143 g/mol. The van der Waals surface area contributed by atoms with E-state index in [0.717, 1.165) is 4.88 Å². The Labute approximate surface area is 58.2 Å². The Balaban J connectivity index is 2.65. The number of nitrogens with two attached hydrogens (primary N) is 1. The summed E-state index contributed by atoms with van der Waals surface area (Å²) in [4.78, 5) is 5.77. The summed E-state index contributed by atoms with van der Waals surface area (Å²) in [6.07, 6.45) is 0.0324. The van der Waals surface area contributed by atoms with Crippen LogP contribution in [0.25, 0.3) is 0 Å². The van der Waals surface area contributed by atoms with Crippen molar-refractivity contribution in [3.63, 3.8) is 0 Å². The predicted octanol–water partition coefficient (Wildman–Crippen LogP) is 1.70. The summed E-state index contributed by atoms with van der Waals surface area (Å²) in [5.41, 5.74) is 0. The van der Waals surface area contributed by atoms with Gasteiger partial charge >= 0.3 is 0 Å². The van der Waals surface area contributed by atoms with Gasteiger partial charge in [-0.15, -0.1) is 11.3 Å². The number of hydrogen-bond donors (Lipinski definition) is 1. The molecule has 0 aliphatic rings. The molecule has 0 fully saturated rings. The second kappa shape index (κ2) is 2.96. The molecule has 0 aliphatic heterocycles. The van der Waals surface area contributed by atoms with E-state index in [1.807, 2.05) is 24.4 Å². The second-order valence-electron chi connectivity index (χ2n) is 1.79. The van der Waals surface area contributed by atoms with Gasteiger partial charge in [-0.05, 0) is 18.4 Å². The zero-order valence-corrected chi connectivity index (χ0v) is 6.02. The summed E-state index contributed by atoms with van der Waals surface area (Å²) < 4.78 is 0. The summed E-state index contributed by atoms with van der Waals surface area (Å²) in [5.74, 6) is 4.97. The maximum absolute atomic E-state index is 4.97. The SMILES string of the molecule is CC(ON)c1cccs1. The molecule has 9 heavy (non-hydrogen) atoms. The molecule has 1 aromatic rings. The second-order valence-corrected chi connectivity index (χ2v) is 2.77. The number of rotatable bonds is 2. The fourth-order valence-electron chi connectivity index (χ4n) is 0.590. The first kappa shape index (κ1) is 6.74. The lowest BCUT2D eigenvalue weighted by Gasteiger charge is -2.02.